The van der Waals surface area contributed by atoms with E-state index >= 15 is 0 Å². The van der Waals surface area contributed by atoms with Crippen LogP contribution in [0.3, 0.4) is 0 Å². The third-order valence-corrected chi connectivity index (χ3v) is 7.59. The summed E-state index contributed by atoms with van der Waals surface area (Å²) in [6.07, 6.45) is 5.07. The van der Waals surface area contributed by atoms with Crippen LogP contribution in [0.1, 0.15) is 30.9 Å². The number of likely N-dealkylation sites (tertiary alicyclic amines) is 1. The Morgan fingerprint density at radius 2 is 1.75 bits per heavy atom. The average molecular weight is 519 g/mol. The van der Waals surface area contributed by atoms with Gasteiger partial charge in [0, 0.05) is 18.1 Å². The molecule has 182 valence electrons. The zero-order chi connectivity index (χ0) is 25.4. The van der Waals surface area contributed by atoms with Crippen molar-refractivity contribution >= 4 is 45.7 Å². The highest BCUT2D eigenvalue weighted by atomic mass is 35.5. The summed E-state index contributed by atoms with van der Waals surface area (Å²) >= 11 is 12.6. The summed E-state index contributed by atoms with van der Waals surface area (Å²) in [5, 5.41) is 13.8. The smallest absolute Gasteiger partial charge is 0.266 e. The first kappa shape index (κ1) is 24.3. The van der Waals surface area contributed by atoms with Crippen molar-refractivity contribution in [3.05, 3.63) is 86.4 Å². The highest BCUT2D eigenvalue weighted by Crippen LogP contribution is 2.35. The number of pyridine rings is 1. The molecule has 1 fully saturated rings. The molecular weight excluding hydrogens is 495 g/mol. The number of hydrogen-bond donors (Lipinski definition) is 1. The number of nitrogens with zero attached hydrogens (tertiary/aromatic N) is 5. The maximum atomic E-state index is 13.2. The van der Waals surface area contributed by atoms with E-state index in [0.29, 0.717) is 21.7 Å². The lowest BCUT2D eigenvalue weighted by Crippen LogP contribution is -2.38. The van der Waals surface area contributed by atoms with E-state index in [1.807, 2.05) is 12.1 Å². The van der Waals surface area contributed by atoms with E-state index in [0.717, 1.165) is 31.6 Å². The molecule has 0 aliphatic carbocycles. The predicted octanol–water partition coefficient (Wildman–Crippen LogP) is 5.69. The molecule has 1 N–H and O–H groups in total. The second-order valence-electron chi connectivity index (χ2n) is 9.42. The summed E-state index contributed by atoms with van der Waals surface area (Å²) in [6.45, 7) is 4.50. The molecule has 0 bridgehead atoms. The summed E-state index contributed by atoms with van der Waals surface area (Å²) in [5.74, 6) is 0.296. The fourth-order valence-electron chi connectivity index (χ4n) is 4.64. The molecule has 1 saturated heterocycles. The predicted molar refractivity (Wildman–Crippen MR) is 144 cm³/mol. The molecule has 0 atom stereocenters. The molecule has 36 heavy (non-hydrogen) atoms. The number of hydrogen-bond acceptors (Lipinski definition) is 6. The third-order valence-electron chi connectivity index (χ3n) is 6.98. The number of rotatable bonds is 4. The van der Waals surface area contributed by atoms with Gasteiger partial charge < -0.3 is 10.2 Å². The van der Waals surface area contributed by atoms with E-state index in [9.17, 15) is 10.1 Å². The van der Waals surface area contributed by atoms with Gasteiger partial charge in [0.05, 0.1) is 26.7 Å². The van der Waals surface area contributed by atoms with Crippen molar-refractivity contribution in [3.8, 4) is 11.8 Å². The average Bonchev–Trinajstić information content (AvgIpc) is 2.87. The van der Waals surface area contributed by atoms with E-state index in [1.165, 1.54) is 22.5 Å². The van der Waals surface area contributed by atoms with Crippen molar-refractivity contribution in [3.63, 3.8) is 0 Å². The van der Waals surface area contributed by atoms with Crippen molar-refractivity contribution in [2.75, 3.05) is 25.5 Å². The van der Waals surface area contributed by atoms with Gasteiger partial charge in [0.25, 0.3) is 5.56 Å². The number of halogens is 2. The Morgan fingerprint density at radius 3 is 2.39 bits per heavy atom. The lowest BCUT2D eigenvalue weighted by atomic mass is 9.74. The topological polar surface area (TPSA) is 86.8 Å². The van der Waals surface area contributed by atoms with E-state index < -0.39 is 5.56 Å². The molecular formula is C27H24Cl2N6O. The number of anilines is 2. The number of para-hydroxylation sites is 1. The number of benzene rings is 2. The van der Waals surface area contributed by atoms with Gasteiger partial charge in [0.15, 0.2) is 0 Å². The van der Waals surface area contributed by atoms with Gasteiger partial charge in [-0.05, 0) is 68.2 Å². The second kappa shape index (κ2) is 9.55. The molecule has 9 heteroatoms. The Labute approximate surface area is 218 Å². The van der Waals surface area contributed by atoms with E-state index in [2.05, 4.69) is 52.4 Å². The van der Waals surface area contributed by atoms with Gasteiger partial charge in [-0.3, -0.25) is 9.36 Å². The lowest BCUT2D eigenvalue weighted by molar-refractivity contribution is 0.200. The van der Waals surface area contributed by atoms with Crippen LogP contribution in [-0.2, 0) is 5.41 Å². The molecule has 0 radical (unpaired) electrons. The van der Waals surface area contributed by atoms with E-state index in [-0.39, 0.29) is 21.9 Å². The SMILES string of the molecule is CN1CCC(C)(c2ccc(Nc3ncc4c(=O)n(-c5c(Cl)cccc5Cl)cc(C#N)c4n3)cc2)CC1. The van der Waals surface area contributed by atoms with Crippen molar-refractivity contribution in [2.45, 2.75) is 25.2 Å². The highest BCUT2D eigenvalue weighted by Gasteiger charge is 2.30. The first-order valence-corrected chi connectivity index (χ1v) is 12.4. The fourth-order valence-corrected chi connectivity index (χ4v) is 5.21. The molecule has 0 spiro atoms. The number of nitriles is 1. The second-order valence-corrected chi connectivity index (χ2v) is 10.2. The maximum absolute atomic E-state index is 13.2. The first-order chi connectivity index (χ1) is 17.3. The summed E-state index contributed by atoms with van der Waals surface area (Å²) in [4.78, 5) is 24.4. The Kier molecular flexibility index (Phi) is 6.44. The zero-order valence-electron chi connectivity index (χ0n) is 19.9. The molecule has 1 aliphatic heterocycles. The van der Waals surface area contributed by atoms with Gasteiger partial charge in [0.2, 0.25) is 5.95 Å². The minimum Gasteiger partial charge on any atom is -0.324 e. The molecule has 0 saturated carbocycles. The maximum Gasteiger partial charge on any atom is 0.266 e. The molecule has 2 aromatic carbocycles. The van der Waals surface area contributed by atoms with Crippen LogP contribution >= 0.6 is 23.2 Å². The largest absolute Gasteiger partial charge is 0.324 e. The van der Waals surface area contributed by atoms with Crippen molar-refractivity contribution in [2.24, 2.45) is 0 Å². The number of fused-ring (bicyclic) bond motifs is 1. The molecule has 4 aromatic rings. The van der Waals surface area contributed by atoms with Crippen LogP contribution in [0, 0.1) is 11.3 Å². The first-order valence-electron chi connectivity index (χ1n) is 11.6. The Balaban J connectivity index is 1.47. The van der Waals surface area contributed by atoms with Crippen LogP contribution in [0.25, 0.3) is 16.6 Å². The van der Waals surface area contributed by atoms with Crippen molar-refractivity contribution in [1.82, 2.24) is 19.4 Å². The molecule has 5 rings (SSSR count). The van der Waals surface area contributed by atoms with Crippen LogP contribution in [0.2, 0.25) is 10.0 Å². The minimum atomic E-state index is -0.415. The number of aromatic nitrogens is 3. The molecule has 2 aromatic heterocycles. The van der Waals surface area contributed by atoms with Gasteiger partial charge in [-0.1, -0.05) is 48.3 Å². The molecule has 0 unspecified atom stereocenters. The van der Waals surface area contributed by atoms with Gasteiger partial charge in [-0.15, -0.1) is 0 Å². The summed E-state index contributed by atoms with van der Waals surface area (Å²) in [5.41, 5.74) is 2.66. The van der Waals surface area contributed by atoms with E-state index in [4.69, 9.17) is 23.2 Å². The Bertz CT molecular complexity index is 1530. The highest BCUT2D eigenvalue weighted by molar-refractivity contribution is 6.37. The third kappa shape index (κ3) is 4.44. The van der Waals surface area contributed by atoms with Crippen LogP contribution < -0.4 is 10.9 Å². The molecule has 3 heterocycles. The van der Waals surface area contributed by atoms with Crippen LogP contribution in [0.5, 0.6) is 0 Å². The van der Waals surface area contributed by atoms with Gasteiger partial charge >= 0.3 is 0 Å². The van der Waals surface area contributed by atoms with Crippen molar-refractivity contribution < 1.29 is 0 Å². The van der Waals surface area contributed by atoms with Crippen LogP contribution in [0.15, 0.2) is 59.7 Å². The monoisotopic (exact) mass is 518 g/mol. The van der Waals surface area contributed by atoms with Gasteiger partial charge in [0.1, 0.15) is 11.6 Å². The Morgan fingerprint density at radius 1 is 1.08 bits per heavy atom. The standard InChI is InChI=1S/C27H24Cl2N6O/c1-27(10-12-34(2)13-11-27)18-6-8-19(9-7-18)32-26-31-15-20-23(33-26)17(14-30)16-35(25(20)36)24-21(28)4-3-5-22(24)29/h3-9,15-16H,10-13H2,1-2H3,(H,31,32,33). The lowest BCUT2D eigenvalue weighted by Gasteiger charge is -2.38. The summed E-state index contributed by atoms with van der Waals surface area (Å²) in [6, 6.07) is 15.4. The van der Waals surface area contributed by atoms with E-state index in [1.54, 1.807) is 18.2 Å². The minimum absolute atomic E-state index is 0.163. The van der Waals surface area contributed by atoms with Crippen LogP contribution in [-0.4, -0.2) is 39.6 Å². The Hall–Kier alpha value is -3.44. The van der Waals surface area contributed by atoms with Gasteiger partial charge in [-0.2, -0.15) is 5.26 Å². The zero-order valence-corrected chi connectivity index (χ0v) is 21.4. The van der Waals surface area contributed by atoms with Gasteiger partial charge in [-0.25, -0.2) is 9.97 Å². The summed E-state index contributed by atoms with van der Waals surface area (Å²) in [7, 11) is 2.16. The summed E-state index contributed by atoms with van der Waals surface area (Å²) < 4.78 is 1.27. The van der Waals surface area contributed by atoms with Crippen LogP contribution in [0.4, 0.5) is 11.6 Å². The molecule has 1 aliphatic rings. The number of piperidine rings is 1. The fraction of sp³-hybridized carbons (Fsp3) is 0.259. The van der Waals surface area contributed by atoms with Crippen molar-refractivity contribution in [1.29, 1.82) is 5.26 Å². The number of nitrogens with one attached hydrogen (secondary N) is 1. The normalized spacial score (nSPS) is 15.5. The molecule has 7 nitrogen and oxygen atoms in total. The molecule has 0 amide bonds. The quantitative estimate of drug-likeness (QED) is 0.373.